The van der Waals surface area contributed by atoms with E-state index in [0.717, 1.165) is 19.1 Å². The first kappa shape index (κ1) is 36.2. The summed E-state index contributed by atoms with van der Waals surface area (Å²) in [6, 6.07) is 10.8. The SMILES string of the molecule is CC(F)(F)c1cc(NCCN)cc(Oc2ccc(NC(=O)Nc3cc(C(C)(F)F)cc(NC(=O)CCCCN=C(N)N)c3O)cc2)c1. The molecule has 0 aromatic heterocycles. The summed E-state index contributed by atoms with van der Waals surface area (Å²) in [7, 11) is 0. The zero-order chi connectivity index (χ0) is 34.8. The molecule has 0 aliphatic rings. The predicted molar refractivity (Wildman–Crippen MR) is 174 cm³/mol. The summed E-state index contributed by atoms with van der Waals surface area (Å²) < 4.78 is 62.4. The Balaban J connectivity index is 1.70. The number of nitrogens with two attached hydrogens (primary N) is 3. The number of urea groups is 1. The van der Waals surface area contributed by atoms with Gasteiger partial charge < -0.3 is 48.3 Å². The third-order valence-corrected chi connectivity index (χ3v) is 6.48. The van der Waals surface area contributed by atoms with Gasteiger partial charge in [0.05, 0.1) is 11.4 Å². The molecule has 47 heavy (non-hydrogen) atoms. The van der Waals surface area contributed by atoms with Gasteiger partial charge in [-0.05, 0) is 61.4 Å². The fraction of sp³-hybridized carbons (Fsp3) is 0.323. The van der Waals surface area contributed by atoms with Crippen LogP contribution in [-0.4, -0.2) is 42.6 Å². The van der Waals surface area contributed by atoms with Gasteiger partial charge in [0.25, 0.3) is 11.8 Å². The number of anilines is 4. The maximum absolute atomic E-state index is 14.3. The van der Waals surface area contributed by atoms with Gasteiger partial charge in [-0.2, -0.15) is 0 Å². The number of guanidine groups is 1. The predicted octanol–water partition coefficient (Wildman–Crippen LogP) is 5.80. The van der Waals surface area contributed by atoms with Crippen LogP contribution in [0.4, 0.5) is 45.1 Å². The van der Waals surface area contributed by atoms with Crippen molar-refractivity contribution in [2.24, 2.45) is 22.2 Å². The monoisotopic (exact) mass is 662 g/mol. The Hall–Kier alpha value is -5.25. The van der Waals surface area contributed by atoms with Gasteiger partial charge in [-0.25, -0.2) is 22.4 Å². The first-order valence-electron chi connectivity index (χ1n) is 14.5. The smallest absolute Gasteiger partial charge is 0.323 e. The number of nitrogens with one attached hydrogen (secondary N) is 4. The third kappa shape index (κ3) is 11.6. The van der Waals surface area contributed by atoms with Crippen molar-refractivity contribution in [3.05, 3.63) is 65.7 Å². The summed E-state index contributed by atoms with van der Waals surface area (Å²) in [5.74, 6) is -7.36. The molecule has 0 heterocycles. The number of hydrogen-bond donors (Lipinski definition) is 8. The molecule has 0 spiro atoms. The van der Waals surface area contributed by atoms with Crippen LogP contribution < -0.4 is 43.2 Å². The lowest BCUT2D eigenvalue weighted by atomic mass is 10.1. The Morgan fingerprint density at radius 1 is 0.830 bits per heavy atom. The molecule has 0 aliphatic carbocycles. The van der Waals surface area contributed by atoms with Crippen molar-refractivity contribution in [2.45, 2.75) is 45.0 Å². The molecule has 254 valence electrons. The fourth-order valence-corrected chi connectivity index (χ4v) is 4.15. The Morgan fingerprint density at radius 2 is 1.45 bits per heavy atom. The molecule has 3 rings (SSSR count). The molecule has 11 N–H and O–H groups in total. The average Bonchev–Trinajstić information content (AvgIpc) is 2.97. The number of phenols is 1. The molecule has 12 nitrogen and oxygen atoms in total. The summed E-state index contributed by atoms with van der Waals surface area (Å²) in [5, 5.41) is 20.8. The van der Waals surface area contributed by atoms with Crippen LogP contribution in [0.15, 0.2) is 59.6 Å². The number of halogens is 4. The standard InChI is InChI=1S/C31H38F4N8O4/c1-30(32,33)18-13-21(39-12-10-36)17-23(14-18)47-22-8-6-20(7-9-22)41-29(46)43-25-16-19(31(2,34)35)15-24(27(25)45)42-26(44)5-3-4-11-40-28(37)38/h6-9,13-17,39,45H,3-5,10-12,36H2,1-2H3,(H,42,44)(H4,37,38,40)(H2,41,43,46). The van der Waals surface area contributed by atoms with Crippen LogP contribution in [0.5, 0.6) is 17.2 Å². The van der Waals surface area contributed by atoms with Gasteiger partial charge in [-0.15, -0.1) is 0 Å². The number of ether oxygens (including phenoxy) is 1. The van der Waals surface area contributed by atoms with Gasteiger partial charge in [-0.1, -0.05) is 0 Å². The van der Waals surface area contributed by atoms with Crippen molar-refractivity contribution in [1.82, 2.24) is 0 Å². The van der Waals surface area contributed by atoms with E-state index in [0.29, 0.717) is 45.1 Å². The molecule has 0 fully saturated rings. The van der Waals surface area contributed by atoms with Crippen LogP contribution >= 0.6 is 0 Å². The molecule has 3 aromatic carbocycles. The van der Waals surface area contributed by atoms with Crippen molar-refractivity contribution in [3.8, 4) is 17.2 Å². The summed E-state index contributed by atoms with van der Waals surface area (Å²) in [4.78, 5) is 29.0. The lowest BCUT2D eigenvalue weighted by Gasteiger charge is -2.18. The average molecular weight is 663 g/mol. The van der Waals surface area contributed by atoms with Crippen molar-refractivity contribution < 1.29 is 37.0 Å². The van der Waals surface area contributed by atoms with E-state index >= 15 is 0 Å². The van der Waals surface area contributed by atoms with E-state index < -0.39 is 35.1 Å². The molecule has 0 aliphatic heterocycles. The van der Waals surface area contributed by atoms with E-state index in [1.165, 1.54) is 42.5 Å². The highest BCUT2D eigenvalue weighted by molar-refractivity contribution is 6.02. The Kier molecular flexibility index (Phi) is 12.2. The Bertz CT molecular complexity index is 1570. The van der Waals surface area contributed by atoms with E-state index in [-0.39, 0.29) is 46.5 Å². The number of carbonyl (C=O) groups is 2. The molecule has 3 aromatic rings. The van der Waals surface area contributed by atoms with Crippen molar-refractivity contribution >= 4 is 40.6 Å². The minimum absolute atomic E-state index is 0.00199. The Labute approximate surface area is 268 Å². The molecule has 0 radical (unpaired) electrons. The number of phenolic OH excluding ortho intramolecular Hbond substituents is 1. The molecule has 3 amide bonds. The number of hydrogen-bond acceptors (Lipinski definition) is 7. The van der Waals surface area contributed by atoms with Gasteiger partial charge in [-0.3, -0.25) is 9.79 Å². The normalized spacial score (nSPS) is 11.4. The van der Waals surface area contributed by atoms with Crippen LogP contribution in [0.1, 0.15) is 44.2 Å². The second kappa shape index (κ2) is 15.8. The van der Waals surface area contributed by atoms with E-state index in [9.17, 15) is 32.3 Å². The zero-order valence-corrected chi connectivity index (χ0v) is 25.8. The molecular formula is C31H38F4N8O4. The number of benzene rings is 3. The minimum Gasteiger partial charge on any atom is -0.504 e. The van der Waals surface area contributed by atoms with Crippen LogP contribution in [0.3, 0.4) is 0 Å². The molecular weight excluding hydrogens is 624 g/mol. The quantitative estimate of drug-likeness (QED) is 0.0328. The maximum atomic E-state index is 14.3. The number of aromatic hydroxyl groups is 1. The summed E-state index contributed by atoms with van der Waals surface area (Å²) >= 11 is 0. The second-order valence-electron chi connectivity index (χ2n) is 10.7. The molecule has 0 atom stereocenters. The molecule has 0 saturated carbocycles. The van der Waals surface area contributed by atoms with Gasteiger partial charge in [0, 0.05) is 68.5 Å². The number of nitrogens with zero attached hydrogens (tertiary/aromatic N) is 1. The van der Waals surface area contributed by atoms with Crippen LogP contribution in [-0.2, 0) is 16.6 Å². The Morgan fingerprint density at radius 3 is 2.04 bits per heavy atom. The van der Waals surface area contributed by atoms with Gasteiger partial charge in [0.2, 0.25) is 5.91 Å². The second-order valence-corrected chi connectivity index (χ2v) is 10.7. The number of alkyl halides is 4. The number of rotatable bonds is 15. The highest BCUT2D eigenvalue weighted by Crippen LogP contribution is 2.39. The first-order chi connectivity index (χ1) is 22.0. The molecule has 0 bridgehead atoms. The number of unbranched alkanes of at least 4 members (excludes halogenated alkanes) is 1. The van der Waals surface area contributed by atoms with Crippen molar-refractivity contribution in [1.29, 1.82) is 0 Å². The number of aliphatic imine (C=N–C) groups is 1. The van der Waals surface area contributed by atoms with E-state index in [1.54, 1.807) is 0 Å². The lowest BCUT2D eigenvalue weighted by molar-refractivity contribution is -0.116. The van der Waals surface area contributed by atoms with Crippen molar-refractivity contribution in [2.75, 3.05) is 40.9 Å². The van der Waals surface area contributed by atoms with Crippen LogP contribution in [0.2, 0.25) is 0 Å². The minimum atomic E-state index is -3.37. The zero-order valence-electron chi connectivity index (χ0n) is 25.8. The van der Waals surface area contributed by atoms with E-state index in [2.05, 4.69) is 26.3 Å². The third-order valence-electron chi connectivity index (χ3n) is 6.48. The van der Waals surface area contributed by atoms with E-state index in [4.69, 9.17) is 21.9 Å². The topological polar surface area (TPSA) is 202 Å². The summed E-state index contributed by atoms with van der Waals surface area (Å²) in [6.45, 7) is 2.36. The lowest BCUT2D eigenvalue weighted by Crippen LogP contribution is -2.23. The maximum Gasteiger partial charge on any atom is 0.323 e. The molecule has 0 unspecified atom stereocenters. The first-order valence-corrected chi connectivity index (χ1v) is 14.5. The van der Waals surface area contributed by atoms with Crippen LogP contribution in [0, 0.1) is 0 Å². The highest BCUT2D eigenvalue weighted by atomic mass is 19.3. The largest absolute Gasteiger partial charge is 0.504 e. The fourth-order valence-electron chi connectivity index (χ4n) is 4.15. The summed E-state index contributed by atoms with van der Waals surface area (Å²) in [6.07, 6.45) is 0.875. The number of carbonyl (C=O) groups excluding carboxylic acids is 2. The van der Waals surface area contributed by atoms with Crippen LogP contribution in [0.25, 0.3) is 0 Å². The molecule has 16 heteroatoms. The van der Waals surface area contributed by atoms with E-state index in [1.807, 2.05) is 0 Å². The molecule has 0 saturated heterocycles. The highest BCUT2D eigenvalue weighted by Gasteiger charge is 2.28. The van der Waals surface area contributed by atoms with Gasteiger partial charge >= 0.3 is 6.03 Å². The van der Waals surface area contributed by atoms with Crippen molar-refractivity contribution in [3.63, 3.8) is 0 Å². The van der Waals surface area contributed by atoms with Gasteiger partial charge in [0.1, 0.15) is 11.5 Å². The summed E-state index contributed by atoms with van der Waals surface area (Å²) in [5.41, 5.74) is 15.1. The number of amides is 3. The van der Waals surface area contributed by atoms with Gasteiger partial charge in [0.15, 0.2) is 11.7 Å².